The third kappa shape index (κ3) is 4.12. The van der Waals surface area contributed by atoms with Crippen molar-refractivity contribution in [2.75, 3.05) is 0 Å². The van der Waals surface area contributed by atoms with Crippen molar-refractivity contribution in [2.45, 2.75) is 26.4 Å². The smallest absolute Gasteiger partial charge is 0.273 e. The van der Waals surface area contributed by atoms with Crippen LogP contribution < -0.4 is 5.32 Å². The summed E-state index contributed by atoms with van der Waals surface area (Å²) in [6.07, 6.45) is 0. The molecule has 5 heteroatoms. The maximum atomic E-state index is 11.0. The second kappa shape index (κ2) is 6.83. The summed E-state index contributed by atoms with van der Waals surface area (Å²) in [5.74, 6) is 0. The number of nitro groups is 1. The van der Waals surface area contributed by atoms with E-state index in [1.54, 1.807) is 12.1 Å². The number of benzene rings is 2. The molecule has 0 aliphatic heterocycles. The molecule has 110 valence electrons. The van der Waals surface area contributed by atoms with Crippen LogP contribution in [0, 0.1) is 17.0 Å². The molecule has 0 fully saturated rings. The first-order valence-corrected chi connectivity index (χ1v) is 7.49. The number of halogens is 1. The van der Waals surface area contributed by atoms with Gasteiger partial charge in [-0.05, 0) is 31.5 Å². The van der Waals surface area contributed by atoms with Gasteiger partial charge in [0.15, 0.2) is 0 Å². The van der Waals surface area contributed by atoms with Crippen LogP contribution in [-0.4, -0.2) is 4.92 Å². The number of nitrogens with zero attached hydrogens (tertiary/aromatic N) is 1. The molecule has 0 bridgehead atoms. The Bertz CT molecular complexity index is 641. The lowest BCUT2D eigenvalue weighted by atomic mass is 10.1. The molecule has 0 aliphatic rings. The van der Waals surface area contributed by atoms with Crippen LogP contribution in [-0.2, 0) is 6.54 Å². The Kier molecular flexibility index (Phi) is 5.09. The van der Waals surface area contributed by atoms with E-state index in [0.717, 1.165) is 4.47 Å². The summed E-state index contributed by atoms with van der Waals surface area (Å²) in [6.45, 7) is 4.55. The van der Waals surface area contributed by atoms with Gasteiger partial charge in [-0.3, -0.25) is 10.1 Å². The lowest BCUT2D eigenvalue weighted by Gasteiger charge is -2.15. The van der Waals surface area contributed by atoms with Crippen LogP contribution in [0.2, 0.25) is 0 Å². The quantitative estimate of drug-likeness (QED) is 0.638. The van der Waals surface area contributed by atoms with E-state index >= 15 is 0 Å². The highest BCUT2D eigenvalue weighted by Gasteiger charge is 2.14. The molecule has 0 unspecified atom stereocenters. The molecule has 21 heavy (non-hydrogen) atoms. The van der Waals surface area contributed by atoms with Crippen molar-refractivity contribution in [3.05, 3.63) is 73.7 Å². The monoisotopic (exact) mass is 348 g/mol. The number of hydrogen-bond donors (Lipinski definition) is 1. The van der Waals surface area contributed by atoms with Crippen molar-refractivity contribution in [3.63, 3.8) is 0 Å². The van der Waals surface area contributed by atoms with Crippen LogP contribution in [0.15, 0.2) is 46.9 Å². The van der Waals surface area contributed by atoms with Crippen LogP contribution in [0.3, 0.4) is 0 Å². The topological polar surface area (TPSA) is 55.2 Å². The number of hydrogen-bond acceptors (Lipinski definition) is 3. The van der Waals surface area contributed by atoms with Gasteiger partial charge in [-0.2, -0.15) is 0 Å². The van der Waals surface area contributed by atoms with Crippen LogP contribution in [0.1, 0.15) is 29.7 Å². The Balaban J connectivity index is 2.10. The number of aryl methyl sites for hydroxylation is 1. The van der Waals surface area contributed by atoms with Crippen molar-refractivity contribution in [3.8, 4) is 0 Å². The van der Waals surface area contributed by atoms with Crippen molar-refractivity contribution in [1.82, 2.24) is 5.32 Å². The molecule has 0 aromatic heterocycles. The lowest BCUT2D eigenvalue weighted by Crippen LogP contribution is -2.18. The van der Waals surface area contributed by atoms with Crippen molar-refractivity contribution in [2.24, 2.45) is 0 Å². The van der Waals surface area contributed by atoms with Crippen LogP contribution >= 0.6 is 15.9 Å². The summed E-state index contributed by atoms with van der Waals surface area (Å²) in [6, 6.07) is 13.4. The fourth-order valence-electron chi connectivity index (χ4n) is 2.11. The summed E-state index contributed by atoms with van der Waals surface area (Å²) in [5, 5.41) is 14.4. The van der Waals surface area contributed by atoms with Crippen molar-refractivity contribution < 1.29 is 4.92 Å². The zero-order chi connectivity index (χ0) is 15.4. The van der Waals surface area contributed by atoms with E-state index in [-0.39, 0.29) is 16.7 Å². The normalized spacial score (nSPS) is 12.1. The fraction of sp³-hybridized carbons (Fsp3) is 0.250. The fourth-order valence-corrected chi connectivity index (χ4v) is 2.52. The second-order valence-electron chi connectivity index (χ2n) is 5.04. The first-order chi connectivity index (χ1) is 9.97. The summed E-state index contributed by atoms with van der Waals surface area (Å²) in [5.41, 5.74) is 3.20. The molecule has 4 nitrogen and oxygen atoms in total. The largest absolute Gasteiger partial charge is 0.306 e. The maximum Gasteiger partial charge on any atom is 0.273 e. The molecule has 2 aromatic carbocycles. The van der Waals surface area contributed by atoms with E-state index < -0.39 is 0 Å². The molecule has 2 rings (SSSR count). The first kappa shape index (κ1) is 15.7. The Labute approximate surface area is 132 Å². The Morgan fingerprint density at radius 2 is 1.90 bits per heavy atom. The van der Waals surface area contributed by atoms with Gasteiger partial charge in [0.25, 0.3) is 5.69 Å². The van der Waals surface area contributed by atoms with Crippen LogP contribution in [0.5, 0.6) is 0 Å². The highest BCUT2D eigenvalue weighted by molar-refractivity contribution is 9.10. The molecular weight excluding hydrogens is 332 g/mol. The molecule has 0 radical (unpaired) electrons. The average Bonchev–Trinajstić information content (AvgIpc) is 2.45. The van der Waals surface area contributed by atoms with E-state index in [1.165, 1.54) is 17.2 Å². The van der Waals surface area contributed by atoms with Gasteiger partial charge in [0.05, 0.1) is 4.92 Å². The Hall–Kier alpha value is -1.72. The number of nitrogens with one attached hydrogen (secondary N) is 1. The third-order valence-corrected chi connectivity index (χ3v) is 3.91. The zero-order valence-corrected chi connectivity index (χ0v) is 13.6. The molecular formula is C16H17BrN2O2. The minimum Gasteiger partial charge on any atom is -0.306 e. The van der Waals surface area contributed by atoms with Gasteiger partial charge >= 0.3 is 0 Å². The van der Waals surface area contributed by atoms with Crippen LogP contribution in [0.4, 0.5) is 5.69 Å². The van der Waals surface area contributed by atoms with Gasteiger partial charge in [-0.15, -0.1) is 0 Å². The molecule has 0 saturated carbocycles. The average molecular weight is 349 g/mol. The number of rotatable bonds is 5. The maximum absolute atomic E-state index is 11.0. The van der Waals surface area contributed by atoms with E-state index in [4.69, 9.17) is 0 Å². The Morgan fingerprint density at radius 3 is 2.52 bits per heavy atom. The van der Waals surface area contributed by atoms with E-state index in [9.17, 15) is 10.1 Å². The molecule has 0 amide bonds. The lowest BCUT2D eigenvalue weighted by molar-refractivity contribution is -0.385. The minimum absolute atomic E-state index is 0.129. The Morgan fingerprint density at radius 1 is 1.24 bits per heavy atom. The molecule has 2 aromatic rings. The van der Waals surface area contributed by atoms with E-state index in [0.29, 0.717) is 12.1 Å². The van der Waals surface area contributed by atoms with E-state index in [1.807, 2.05) is 6.92 Å². The SMILES string of the molecule is Cc1ccc([C@@H](C)NCc2cc(Br)ccc2[N+](=O)[O-])cc1. The van der Waals surface area contributed by atoms with Gasteiger partial charge in [0.2, 0.25) is 0 Å². The van der Waals surface area contributed by atoms with Gasteiger partial charge in [0.1, 0.15) is 0 Å². The number of nitro benzene ring substituents is 1. The predicted octanol–water partition coefficient (Wildman–Crippen LogP) is 4.52. The summed E-state index contributed by atoms with van der Waals surface area (Å²) < 4.78 is 0.841. The van der Waals surface area contributed by atoms with Gasteiger partial charge in [-0.25, -0.2) is 0 Å². The minimum atomic E-state index is -0.347. The molecule has 1 atom stereocenters. The highest BCUT2D eigenvalue weighted by atomic mass is 79.9. The highest BCUT2D eigenvalue weighted by Crippen LogP contribution is 2.24. The third-order valence-electron chi connectivity index (χ3n) is 3.41. The molecule has 1 N–H and O–H groups in total. The van der Waals surface area contributed by atoms with Crippen molar-refractivity contribution >= 4 is 21.6 Å². The molecule has 0 heterocycles. The van der Waals surface area contributed by atoms with E-state index in [2.05, 4.69) is 52.4 Å². The second-order valence-corrected chi connectivity index (χ2v) is 5.96. The van der Waals surface area contributed by atoms with Crippen molar-refractivity contribution in [1.29, 1.82) is 0 Å². The summed E-state index contributed by atoms with van der Waals surface area (Å²) in [4.78, 5) is 10.7. The standard InChI is InChI=1S/C16H17BrN2O2/c1-11-3-5-13(6-4-11)12(2)18-10-14-9-15(17)7-8-16(14)19(20)21/h3-9,12,18H,10H2,1-2H3/t12-/m1/s1. The molecule has 0 saturated heterocycles. The van der Waals surface area contributed by atoms with Crippen LogP contribution in [0.25, 0.3) is 0 Å². The molecule has 0 spiro atoms. The van der Waals surface area contributed by atoms with Gasteiger partial charge in [0, 0.05) is 28.7 Å². The predicted molar refractivity (Wildman–Crippen MR) is 87.2 cm³/mol. The molecule has 0 aliphatic carbocycles. The summed E-state index contributed by atoms with van der Waals surface area (Å²) >= 11 is 3.35. The first-order valence-electron chi connectivity index (χ1n) is 6.70. The zero-order valence-electron chi connectivity index (χ0n) is 12.0. The van der Waals surface area contributed by atoms with Gasteiger partial charge < -0.3 is 5.32 Å². The van der Waals surface area contributed by atoms with Gasteiger partial charge in [-0.1, -0.05) is 45.8 Å². The summed E-state index contributed by atoms with van der Waals surface area (Å²) in [7, 11) is 0.